The standard InChI is InChI=1S/C15H13N3S.ClH/c16-15-17-14(13-9-5-2-6-10-13)18(19-15)11-12-7-3-1-4-8-12;/h1-10,16H,11H2;1H. The number of nitrogens with two attached hydrogens (primary N) is 1. The fourth-order valence-electron chi connectivity index (χ4n) is 1.99. The van der Waals surface area contributed by atoms with Crippen LogP contribution in [-0.4, -0.2) is 4.98 Å². The summed E-state index contributed by atoms with van der Waals surface area (Å²) in [5.74, 6) is 0.923. The van der Waals surface area contributed by atoms with E-state index in [1.807, 2.05) is 36.4 Å². The molecule has 102 valence electrons. The van der Waals surface area contributed by atoms with Crippen LogP contribution in [0.2, 0.25) is 0 Å². The molecule has 0 saturated carbocycles. The van der Waals surface area contributed by atoms with Gasteiger partial charge in [-0.05, 0) is 22.7 Å². The van der Waals surface area contributed by atoms with Crippen molar-refractivity contribution in [2.24, 2.45) is 0 Å². The van der Waals surface area contributed by atoms with E-state index >= 15 is 0 Å². The SMILES string of the molecule is Nc1nc(-c2ccccc2)[n+](Cc2ccccc2)s1.[Cl-]. The van der Waals surface area contributed by atoms with Crippen LogP contribution in [-0.2, 0) is 6.54 Å². The van der Waals surface area contributed by atoms with Crippen molar-refractivity contribution in [3.8, 4) is 11.4 Å². The highest BCUT2D eigenvalue weighted by Crippen LogP contribution is 2.17. The second-order valence-corrected chi connectivity index (χ2v) is 5.29. The highest BCUT2D eigenvalue weighted by atomic mass is 35.5. The first kappa shape index (κ1) is 14.5. The second kappa shape index (κ2) is 6.50. The minimum atomic E-state index is 0. The molecular formula is C15H14ClN3S. The van der Waals surface area contributed by atoms with Gasteiger partial charge in [0.2, 0.25) is 0 Å². The molecule has 0 saturated heterocycles. The predicted octanol–water partition coefficient (Wildman–Crippen LogP) is -0.268. The van der Waals surface area contributed by atoms with E-state index in [1.165, 1.54) is 17.1 Å². The molecule has 0 bridgehead atoms. The summed E-state index contributed by atoms with van der Waals surface area (Å²) in [6.45, 7) is 0.792. The average Bonchev–Trinajstić information content (AvgIpc) is 2.82. The molecule has 1 heterocycles. The summed E-state index contributed by atoms with van der Waals surface area (Å²) in [4.78, 5) is 4.44. The maximum absolute atomic E-state index is 5.86. The highest BCUT2D eigenvalue weighted by molar-refractivity contribution is 7.05. The van der Waals surface area contributed by atoms with E-state index < -0.39 is 0 Å². The van der Waals surface area contributed by atoms with Crippen LogP contribution in [0.15, 0.2) is 60.7 Å². The fourth-order valence-corrected chi connectivity index (χ4v) is 2.79. The van der Waals surface area contributed by atoms with Gasteiger partial charge in [-0.2, -0.15) is 3.96 Å². The average molecular weight is 304 g/mol. The molecule has 0 amide bonds. The van der Waals surface area contributed by atoms with Crippen molar-refractivity contribution in [2.75, 3.05) is 5.73 Å². The number of anilines is 1. The molecule has 20 heavy (non-hydrogen) atoms. The van der Waals surface area contributed by atoms with E-state index in [2.05, 4.69) is 33.2 Å². The molecule has 3 rings (SSSR count). The lowest BCUT2D eigenvalue weighted by Crippen LogP contribution is -3.00. The maximum Gasteiger partial charge on any atom is 0.345 e. The van der Waals surface area contributed by atoms with Gasteiger partial charge in [0.05, 0.1) is 5.56 Å². The largest absolute Gasteiger partial charge is 1.00 e. The summed E-state index contributed by atoms with van der Waals surface area (Å²) in [5.41, 5.74) is 8.19. The smallest absolute Gasteiger partial charge is 0.345 e. The topological polar surface area (TPSA) is 42.8 Å². The van der Waals surface area contributed by atoms with E-state index in [9.17, 15) is 0 Å². The molecule has 2 N–H and O–H groups in total. The van der Waals surface area contributed by atoms with Gasteiger partial charge in [0.15, 0.2) is 0 Å². The normalized spacial score (nSPS) is 10.0. The molecule has 0 spiro atoms. The van der Waals surface area contributed by atoms with Gasteiger partial charge in [-0.25, -0.2) is 0 Å². The third-order valence-corrected chi connectivity index (χ3v) is 3.66. The third-order valence-electron chi connectivity index (χ3n) is 2.86. The Morgan fingerprint density at radius 1 is 0.950 bits per heavy atom. The van der Waals surface area contributed by atoms with Crippen LogP contribution in [0.25, 0.3) is 11.4 Å². The van der Waals surface area contributed by atoms with Crippen molar-refractivity contribution >= 4 is 16.7 Å². The Labute approximate surface area is 128 Å². The fraction of sp³-hybridized carbons (Fsp3) is 0.0667. The number of hydrogen-bond acceptors (Lipinski definition) is 3. The monoisotopic (exact) mass is 303 g/mol. The van der Waals surface area contributed by atoms with Gasteiger partial charge < -0.3 is 18.1 Å². The van der Waals surface area contributed by atoms with Crippen LogP contribution in [0.5, 0.6) is 0 Å². The Hall–Kier alpha value is -1.91. The van der Waals surface area contributed by atoms with Crippen molar-refractivity contribution in [3.63, 3.8) is 0 Å². The number of hydrogen-bond donors (Lipinski definition) is 1. The summed E-state index contributed by atoms with van der Waals surface area (Å²) >= 11 is 1.49. The van der Waals surface area contributed by atoms with Crippen LogP contribution in [0.3, 0.4) is 0 Å². The zero-order valence-electron chi connectivity index (χ0n) is 10.7. The highest BCUT2D eigenvalue weighted by Gasteiger charge is 2.20. The first-order valence-corrected chi connectivity index (χ1v) is 6.86. The summed E-state index contributed by atoms with van der Waals surface area (Å²) in [7, 11) is 0. The predicted molar refractivity (Wildman–Crippen MR) is 77.7 cm³/mol. The molecule has 0 fully saturated rings. The lowest BCUT2D eigenvalue weighted by atomic mass is 10.2. The lowest BCUT2D eigenvalue weighted by Gasteiger charge is -1.98. The number of aromatic nitrogens is 2. The maximum atomic E-state index is 5.86. The molecule has 0 radical (unpaired) electrons. The molecule has 5 heteroatoms. The zero-order valence-corrected chi connectivity index (χ0v) is 12.3. The van der Waals surface area contributed by atoms with Gasteiger partial charge in [0, 0.05) is 0 Å². The van der Waals surface area contributed by atoms with Gasteiger partial charge in [-0.3, -0.25) is 0 Å². The third kappa shape index (κ3) is 3.15. The molecule has 0 aliphatic carbocycles. The van der Waals surface area contributed by atoms with E-state index in [1.54, 1.807) is 0 Å². The van der Waals surface area contributed by atoms with Gasteiger partial charge >= 0.3 is 11.0 Å². The lowest BCUT2D eigenvalue weighted by molar-refractivity contribution is -0.610. The van der Waals surface area contributed by atoms with E-state index in [0.717, 1.165) is 17.9 Å². The molecule has 0 unspecified atom stereocenters. The Kier molecular flexibility index (Phi) is 4.71. The second-order valence-electron chi connectivity index (χ2n) is 4.25. The molecule has 0 aliphatic rings. The number of benzene rings is 2. The van der Waals surface area contributed by atoms with Crippen molar-refractivity contribution in [3.05, 3.63) is 66.2 Å². The minimum absolute atomic E-state index is 0. The van der Waals surface area contributed by atoms with Crippen molar-refractivity contribution in [1.29, 1.82) is 0 Å². The van der Waals surface area contributed by atoms with Gasteiger partial charge in [0.1, 0.15) is 18.1 Å². The number of halogens is 1. The number of nitrogen functional groups attached to an aromatic ring is 1. The first-order valence-electron chi connectivity index (χ1n) is 6.09. The molecule has 0 aliphatic heterocycles. The Bertz CT molecular complexity index is 668. The Balaban J connectivity index is 0.00000147. The quantitative estimate of drug-likeness (QED) is 0.677. The number of rotatable bonds is 3. The van der Waals surface area contributed by atoms with Crippen LogP contribution < -0.4 is 22.1 Å². The summed E-state index contributed by atoms with van der Waals surface area (Å²) in [6, 6.07) is 20.5. The number of nitrogens with zero attached hydrogens (tertiary/aromatic N) is 2. The van der Waals surface area contributed by atoms with Gasteiger partial charge in [-0.1, -0.05) is 48.5 Å². The van der Waals surface area contributed by atoms with Crippen LogP contribution in [0, 0.1) is 0 Å². The van der Waals surface area contributed by atoms with Crippen molar-refractivity contribution < 1.29 is 16.4 Å². The van der Waals surface area contributed by atoms with Gasteiger partial charge in [-0.15, -0.1) is 0 Å². The molecule has 3 aromatic rings. The molecule has 2 aromatic carbocycles. The van der Waals surface area contributed by atoms with Gasteiger partial charge in [0.25, 0.3) is 0 Å². The Morgan fingerprint density at radius 3 is 2.20 bits per heavy atom. The summed E-state index contributed by atoms with van der Waals surface area (Å²) in [5, 5.41) is 0.592. The van der Waals surface area contributed by atoms with Crippen LogP contribution in [0.1, 0.15) is 5.56 Å². The summed E-state index contributed by atoms with van der Waals surface area (Å²) < 4.78 is 2.12. The molecular weight excluding hydrogens is 290 g/mol. The minimum Gasteiger partial charge on any atom is -1.00 e. The Morgan fingerprint density at radius 2 is 1.55 bits per heavy atom. The van der Waals surface area contributed by atoms with Crippen LogP contribution in [0.4, 0.5) is 5.13 Å². The zero-order chi connectivity index (χ0) is 13.1. The summed E-state index contributed by atoms with van der Waals surface area (Å²) in [6.07, 6.45) is 0. The van der Waals surface area contributed by atoms with Crippen molar-refractivity contribution in [2.45, 2.75) is 6.54 Å². The molecule has 3 nitrogen and oxygen atoms in total. The molecule has 0 atom stereocenters. The molecule has 1 aromatic heterocycles. The van der Waals surface area contributed by atoms with E-state index in [0.29, 0.717) is 5.13 Å². The van der Waals surface area contributed by atoms with E-state index in [-0.39, 0.29) is 12.4 Å². The van der Waals surface area contributed by atoms with Crippen LogP contribution >= 0.6 is 11.5 Å². The first-order chi connectivity index (χ1) is 9.33. The van der Waals surface area contributed by atoms with Crippen molar-refractivity contribution in [1.82, 2.24) is 4.98 Å². The van der Waals surface area contributed by atoms with E-state index in [4.69, 9.17) is 5.73 Å².